The summed E-state index contributed by atoms with van der Waals surface area (Å²) in [5.41, 5.74) is -1.84. The van der Waals surface area contributed by atoms with Crippen molar-refractivity contribution >= 4 is 22.8 Å². The van der Waals surface area contributed by atoms with Crippen LogP contribution in [0.4, 0.5) is 14.6 Å². The quantitative estimate of drug-likeness (QED) is 0.367. The third-order valence-electron chi connectivity index (χ3n) is 7.50. The highest BCUT2D eigenvalue weighted by Gasteiger charge is 2.38. The Kier molecular flexibility index (Phi) is 6.39. The maximum atomic E-state index is 16.4. The van der Waals surface area contributed by atoms with Crippen LogP contribution in [-0.4, -0.2) is 72.7 Å². The number of hydrogen-bond donors (Lipinski definition) is 1. The minimum absolute atomic E-state index is 0.0784. The van der Waals surface area contributed by atoms with E-state index in [4.69, 9.17) is 4.74 Å². The molecule has 5 heterocycles. The molecule has 1 aromatic carbocycles. The Labute approximate surface area is 238 Å². The number of amides is 1. The first-order valence-corrected chi connectivity index (χ1v) is 13.3. The summed E-state index contributed by atoms with van der Waals surface area (Å²) in [5.74, 6) is -2.79. The van der Waals surface area contributed by atoms with Crippen LogP contribution in [0.5, 0.6) is 11.5 Å². The van der Waals surface area contributed by atoms with Crippen LogP contribution >= 0.6 is 0 Å². The Morgan fingerprint density at radius 1 is 1.19 bits per heavy atom. The molecule has 1 atom stereocenters. The first kappa shape index (κ1) is 27.2. The normalized spacial score (nSPS) is 16.5. The number of nitrogens with zero attached hydrogens (tertiary/aromatic N) is 7. The molecule has 0 radical (unpaired) electrons. The molecule has 1 saturated heterocycles. The van der Waals surface area contributed by atoms with Crippen molar-refractivity contribution < 1.29 is 23.4 Å². The van der Waals surface area contributed by atoms with Gasteiger partial charge >= 0.3 is 5.69 Å². The fourth-order valence-electron chi connectivity index (χ4n) is 5.44. The minimum Gasteiger partial charge on any atom is -0.507 e. The van der Waals surface area contributed by atoms with E-state index in [1.807, 2.05) is 20.8 Å². The number of benzene rings is 1. The predicted molar refractivity (Wildman–Crippen MR) is 150 cm³/mol. The number of fused-ring (bicyclic) bond motifs is 2. The molecule has 1 N–H and O–H groups in total. The number of anilines is 1. The van der Waals surface area contributed by atoms with E-state index >= 15 is 8.78 Å². The zero-order valence-electron chi connectivity index (χ0n) is 23.1. The summed E-state index contributed by atoms with van der Waals surface area (Å²) < 4.78 is 38.6. The smallest absolute Gasteiger partial charge is 0.357 e. The Morgan fingerprint density at radius 2 is 1.98 bits per heavy atom. The Morgan fingerprint density at radius 3 is 2.69 bits per heavy atom. The van der Waals surface area contributed by atoms with Gasteiger partial charge in [-0.25, -0.2) is 33.1 Å². The van der Waals surface area contributed by atoms with Gasteiger partial charge in [-0.2, -0.15) is 4.98 Å². The highest BCUT2D eigenvalue weighted by molar-refractivity contribution is 5.97. The lowest BCUT2D eigenvalue weighted by Gasteiger charge is -2.40. The van der Waals surface area contributed by atoms with Crippen molar-refractivity contribution in [1.29, 1.82) is 0 Å². The largest absolute Gasteiger partial charge is 0.507 e. The zero-order valence-corrected chi connectivity index (χ0v) is 23.1. The van der Waals surface area contributed by atoms with E-state index in [1.165, 1.54) is 24.5 Å². The lowest BCUT2D eigenvalue weighted by atomic mass is 9.88. The summed E-state index contributed by atoms with van der Waals surface area (Å²) in [4.78, 5) is 47.0. The van der Waals surface area contributed by atoms with Crippen LogP contribution in [0.15, 0.2) is 48.2 Å². The lowest BCUT2D eigenvalue weighted by molar-refractivity contribution is -0.126. The van der Waals surface area contributed by atoms with Gasteiger partial charge in [0.15, 0.2) is 17.2 Å². The van der Waals surface area contributed by atoms with Gasteiger partial charge in [-0.15, -0.1) is 0 Å². The fourth-order valence-corrected chi connectivity index (χ4v) is 5.44. The standard InChI is InChI=1S/C29H27F2N7O4/c1-5-19(40)36-9-10-37-15(12-36)13-42-24-21-26(37)35-28(41)38(25-16(29(2,3)4)11-32-14-33-25)27(21)34-23(22(24)31)20-17(30)7-6-8-18(20)39/h5-8,11,14-15,39H,1,9-10,12-13H2,2-4H3/t15-/m1/s1. The van der Waals surface area contributed by atoms with E-state index in [9.17, 15) is 14.7 Å². The molecule has 2 aliphatic rings. The second-order valence-corrected chi connectivity index (χ2v) is 11.1. The number of carbonyl (C=O) groups excluding carboxylic acids is 1. The van der Waals surface area contributed by atoms with Gasteiger partial charge in [0.05, 0.1) is 11.6 Å². The van der Waals surface area contributed by atoms with Gasteiger partial charge in [0.2, 0.25) is 5.91 Å². The van der Waals surface area contributed by atoms with Gasteiger partial charge in [-0.1, -0.05) is 33.4 Å². The summed E-state index contributed by atoms with van der Waals surface area (Å²) in [6, 6.07) is 3.06. The summed E-state index contributed by atoms with van der Waals surface area (Å²) in [5, 5.41) is 10.6. The fraction of sp³-hybridized carbons (Fsp3) is 0.310. The molecule has 42 heavy (non-hydrogen) atoms. The van der Waals surface area contributed by atoms with Gasteiger partial charge in [0.1, 0.15) is 47.2 Å². The first-order valence-electron chi connectivity index (χ1n) is 13.3. The second kappa shape index (κ2) is 9.86. The van der Waals surface area contributed by atoms with E-state index < -0.39 is 45.8 Å². The molecule has 1 fully saturated rings. The molecule has 3 aromatic heterocycles. The van der Waals surface area contributed by atoms with Gasteiger partial charge in [0.25, 0.3) is 0 Å². The summed E-state index contributed by atoms with van der Waals surface area (Å²) in [6.07, 6.45) is 4.05. The summed E-state index contributed by atoms with van der Waals surface area (Å²) in [7, 11) is 0. The number of halogens is 2. The third kappa shape index (κ3) is 4.23. The molecule has 0 aliphatic carbocycles. The van der Waals surface area contributed by atoms with Crippen LogP contribution < -0.4 is 15.3 Å². The molecule has 2 aliphatic heterocycles. The van der Waals surface area contributed by atoms with E-state index in [1.54, 1.807) is 16.0 Å². The number of aromatic nitrogens is 5. The number of carbonyl (C=O) groups is 1. The topological polar surface area (TPSA) is 127 Å². The Hall–Kier alpha value is -4.94. The highest BCUT2D eigenvalue weighted by atomic mass is 19.1. The van der Waals surface area contributed by atoms with Crippen LogP contribution in [0.3, 0.4) is 0 Å². The van der Waals surface area contributed by atoms with Crippen molar-refractivity contribution in [3.8, 4) is 28.6 Å². The maximum absolute atomic E-state index is 16.4. The van der Waals surface area contributed by atoms with Crippen molar-refractivity contribution in [2.45, 2.75) is 32.2 Å². The van der Waals surface area contributed by atoms with Gasteiger partial charge < -0.3 is 19.6 Å². The van der Waals surface area contributed by atoms with E-state index in [0.717, 1.165) is 10.6 Å². The van der Waals surface area contributed by atoms with Crippen molar-refractivity contribution in [3.63, 3.8) is 0 Å². The van der Waals surface area contributed by atoms with E-state index in [2.05, 4.69) is 26.5 Å². The van der Waals surface area contributed by atoms with Crippen molar-refractivity contribution in [3.05, 3.63) is 71.1 Å². The number of hydrogen-bond acceptors (Lipinski definition) is 9. The zero-order chi connectivity index (χ0) is 29.9. The van der Waals surface area contributed by atoms with Crippen molar-refractivity contribution in [2.75, 3.05) is 31.1 Å². The first-order chi connectivity index (χ1) is 20.0. The molecule has 4 aromatic rings. The van der Waals surface area contributed by atoms with Crippen LogP contribution in [0, 0.1) is 11.6 Å². The maximum Gasteiger partial charge on any atom is 0.357 e. The average molecular weight is 576 g/mol. The predicted octanol–water partition coefficient (Wildman–Crippen LogP) is 3.11. The van der Waals surface area contributed by atoms with Crippen LogP contribution in [0.25, 0.3) is 28.1 Å². The van der Waals surface area contributed by atoms with E-state index in [0.29, 0.717) is 12.1 Å². The van der Waals surface area contributed by atoms with Gasteiger partial charge in [-0.3, -0.25) is 4.79 Å². The van der Waals surface area contributed by atoms with Crippen molar-refractivity contribution in [1.82, 2.24) is 29.4 Å². The number of phenols is 1. The van der Waals surface area contributed by atoms with Crippen LogP contribution in [0.1, 0.15) is 26.3 Å². The summed E-state index contributed by atoms with van der Waals surface area (Å²) >= 11 is 0. The molecule has 11 nitrogen and oxygen atoms in total. The molecule has 0 saturated carbocycles. The monoisotopic (exact) mass is 575 g/mol. The molecule has 13 heteroatoms. The summed E-state index contributed by atoms with van der Waals surface area (Å²) in [6.45, 7) is 10.0. The molecular formula is C29H27F2N7O4. The Balaban J connectivity index is 1.70. The molecule has 6 rings (SSSR count). The van der Waals surface area contributed by atoms with Crippen LogP contribution in [-0.2, 0) is 10.2 Å². The molecule has 0 unspecified atom stereocenters. The highest BCUT2D eigenvalue weighted by Crippen LogP contribution is 2.43. The third-order valence-corrected chi connectivity index (χ3v) is 7.50. The number of pyridine rings is 1. The molecular weight excluding hydrogens is 548 g/mol. The minimum atomic E-state index is -1.03. The Bertz CT molecular complexity index is 1820. The molecule has 0 bridgehead atoms. The van der Waals surface area contributed by atoms with Gasteiger partial charge in [-0.05, 0) is 23.6 Å². The number of ether oxygens (including phenoxy) is 1. The number of aromatic hydroxyl groups is 1. The lowest BCUT2D eigenvalue weighted by Crippen LogP contribution is -2.56. The number of piperazine rings is 1. The molecule has 1 amide bonds. The second-order valence-electron chi connectivity index (χ2n) is 11.1. The molecule has 216 valence electrons. The van der Waals surface area contributed by atoms with E-state index in [-0.39, 0.29) is 54.0 Å². The van der Waals surface area contributed by atoms with Gasteiger partial charge in [0, 0.05) is 31.4 Å². The molecule has 0 spiro atoms. The number of phenolic OH excluding ortho intramolecular Hbond substituents is 1. The SMILES string of the molecule is C=CC(=O)N1CCN2c3nc(=O)n(-c4ncncc4C(C)(C)C)c4nc(-c5c(O)cccc5F)c(F)c(c34)OC[C@H]2C1. The van der Waals surface area contributed by atoms with Crippen LogP contribution in [0.2, 0.25) is 0 Å². The average Bonchev–Trinajstić information content (AvgIpc) is 3.11. The number of rotatable bonds is 3. The van der Waals surface area contributed by atoms with Crippen molar-refractivity contribution in [2.24, 2.45) is 0 Å².